The van der Waals surface area contributed by atoms with Crippen molar-refractivity contribution in [2.45, 2.75) is 56.7 Å². The van der Waals surface area contributed by atoms with Crippen molar-refractivity contribution in [2.24, 2.45) is 10.6 Å². The van der Waals surface area contributed by atoms with E-state index in [1.807, 2.05) is 0 Å². The maximum Gasteiger partial charge on any atom is 0.252 e. The fourth-order valence-electron chi connectivity index (χ4n) is 2.71. The summed E-state index contributed by atoms with van der Waals surface area (Å²) in [6.07, 6.45) is 4.10. The number of rotatable bonds is 3. The zero-order chi connectivity index (χ0) is 15.8. The van der Waals surface area contributed by atoms with Crippen LogP contribution in [-0.4, -0.2) is 20.4 Å². The average Bonchev–Trinajstić information content (AvgIpc) is 2.73. The molecule has 1 heterocycles. The molecule has 0 bridgehead atoms. The van der Waals surface area contributed by atoms with E-state index in [4.69, 9.17) is 5.14 Å². The van der Waals surface area contributed by atoms with Crippen LogP contribution in [0.2, 0.25) is 0 Å². The van der Waals surface area contributed by atoms with Gasteiger partial charge in [-0.2, -0.15) is 0 Å². The van der Waals surface area contributed by atoms with Gasteiger partial charge in [0.05, 0.1) is 5.56 Å². The molecule has 1 aromatic heterocycles. The van der Waals surface area contributed by atoms with Crippen LogP contribution in [0.25, 0.3) is 0 Å². The zero-order valence-corrected chi connectivity index (χ0v) is 14.2. The van der Waals surface area contributed by atoms with E-state index in [1.54, 1.807) is 12.3 Å². The molecule has 0 spiro atoms. The monoisotopic (exact) mass is 330 g/mol. The molecule has 2 rings (SSSR count). The normalized spacial score (nSPS) is 19.4. The Morgan fingerprint density at radius 3 is 2.43 bits per heavy atom. The maximum atomic E-state index is 12.3. The van der Waals surface area contributed by atoms with Gasteiger partial charge in [0.25, 0.3) is 5.91 Å². The van der Waals surface area contributed by atoms with Gasteiger partial charge in [-0.1, -0.05) is 13.8 Å². The molecule has 5 nitrogen and oxygen atoms in total. The first kappa shape index (κ1) is 16.5. The average molecular weight is 330 g/mol. The molecule has 1 amide bonds. The van der Waals surface area contributed by atoms with Crippen LogP contribution in [0, 0.1) is 12.3 Å². The Balaban J connectivity index is 2.07. The minimum absolute atomic E-state index is 0.0671. The second-order valence-electron chi connectivity index (χ2n) is 6.52. The smallest absolute Gasteiger partial charge is 0.252 e. The molecule has 3 N–H and O–H groups in total. The molecular weight excluding hydrogens is 308 g/mol. The van der Waals surface area contributed by atoms with E-state index in [2.05, 4.69) is 19.2 Å². The van der Waals surface area contributed by atoms with Gasteiger partial charge in [-0.3, -0.25) is 4.79 Å². The van der Waals surface area contributed by atoms with E-state index in [1.165, 1.54) is 0 Å². The Morgan fingerprint density at radius 1 is 1.38 bits per heavy atom. The number of thiophene rings is 1. The summed E-state index contributed by atoms with van der Waals surface area (Å²) in [6, 6.07) is 0.169. The van der Waals surface area contributed by atoms with Crippen LogP contribution in [0.15, 0.2) is 9.59 Å². The summed E-state index contributed by atoms with van der Waals surface area (Å²) in [5, 5.41) is 9.71. The molecule has 1 aromatic rings. The van der Waals surface area contributed by atoms with Gasteiger partial charge in [0.1, 0.15) is 4.21 Å². The molecule has 1 fully saturated rings. The molecule has 0 unspecified atom stereocenters. The number of carbonyl (C=O) groups is 1. The quantitative estimate of drug-likeness (QED) is 0.892. The number of amides is 1. The Hall–Kier alpha value is -0.920. The summed E-state index contributed by atoms with van der Waals surface area (Å²) < 4.78 is 22.9. The first-order chi connectivity index (χ1) is 9.60. The van der Waals surface area contributed by atoms with E-state index in [-0.39, 0.29) is 16.2 Å². The van der Waals surface area contributed by atoms with Crippen LogP contribution < -0.4 is 10.5 Å². The van der Waals surface area contributed by atoms with Gasteiger partial charge >= 0.3 is 0 Å². The van der Waals surface area contributed by atoms with Crippen molar-refractivity contribution in [3.8, 4) is 0 Å². The third-order valence-corrected chi connectivity index (χ3v) is 6.85. The lowest BCUT2D eigenvalue weighted by Gasteiger charge is -2.34. The van der Waals surface area contributed by atoms with Crippen molar-refractivity contribution >= 4 is 27.3 Å². The third kappa shape index (κ3) is 3.84. The van der Waals surface area contributed by atoms with Crippen LogP contribution in [-0.2, 0) is 10.0 Å². The molecule has 1 saturated carbocycles. The standard InChI is InChI=1S/C14H22N2O3S2/c1-9-11(8-20-13(9)21(15,18)19)12(17)16-10-4-6-14(2,3)7-5-10/h8,10H,4-7H2,1-3H3,(H,16,17)(H2,15,18,19). The summed E-state index contributed by atoms with van der Waals surface area (Å²) >= 11 is 0.999. The molecule has 0 radical (unpaired) electrons. The van der Waals surface area contributed by atoms with Gasteiger partial charge in [-0.15, -0.1) is 11.3 Å². The largest absolute Gasteiger partial charge is 0.349 e. The van der Waals surface area contributed by atoms with Crippen LogP contribution in [0.4, 0.5) is 0 Å². The molecule has 1 aliphatic carbocycles. The summed E-state index contributed by atoms with van der Waals surface area (Å²) in [6.45, 7) is 6.11. The van der Waals surface area contributed by atoms with E-state index in [0.29, 0.717) is 16.5 Å². The van der Waals surface area contributed by atoms with Crippen molar-refractivity contribution in [3.63, 3.8) is 0 Å². The minimum Gasteiger partial charge on any atom is -0.349 e. The highest BCUT2D eigenvalue weighted by molar-refractivity contribution is 7.91. The Bertz CT molecular complexity index is 637. The Labute approximate surface area is 130 Å². The predicted octanol–water partition coefficient (Wildman–Crippen LogP) is 2.40. The van der Waals surface area contributed by atoms with Crippen molar-refractivity contribution in [1.82, 2.24) is 5.32 Å². The third-order valence-electron chi connectivity index (χ3n) is 4.17. The topological polar surface area (TPSA) is 89.3 Å². The second-order valence-corrected chi connectivity index (χ2v) is 9.16. The van der Waals surface area contributed by atoms with Gasteiger partial charge in [0, 0.05) is 11.4 Å². The van der Waals surface area contributed by atoms with Gasteiger partial charge in [-0.25, -0.2) is 13.6 Å². The van der Waals surface area contributed by atoms with Crippen LogP contribution in [0.1, 0.15) is 55.5 Å². The van der Waals surface area contributed by atoms with E-state index in [9.17, 15) is 13.2 Å². The highest BCUT2D eigenvalue weighted by Gasteiger charge is 2.28. The van der Waals surface area contributed by atoms with Crippen LogP contribution in [0.3, 0.4) is 0 Å². The molecule has 0 atom stereocenters. The first-order valence-electron chi connectivity index (χ1n) is 7.02. The summed E-state index contributed by atoms with van der Waals surface area (Å²) in [4.78, 5) is 12.3. The summed E-state index contributed by atoms with van der Waals surface area (Å²) in [7, 11) is -3.76. The molecule has 0 aliphatic heterocycles. The molecule has 7 heteroatoms. The number of primary sulfonamides is 1. The lowest BCUT2D eigenvalue weighted by Crippen LogP contribution is -2.39. The first-order valence-corrected chi connectivity index (χ1v) is 9.44. The lowest BCUT2D eigenvalue weighted by molar-refractivity contribution is 0.0909. The number of hydrogen-bond acceptors (Lipinski definition) is 4. The van der Waals surface area contributed by atoms with Crippen molar-refractivity contribution in [1.29, 1.82) is 0 Å². The van der Waals surface area contributed by atoms with E-state index in [0.717, 1.165) is 37.0 Å². The fraction of sp³-hybridized carbons (Fsp3) is 0.643. The maximum absolute atomic E-state index is 12.3. The highest BCUT2D eigenvalue weighted by atomic mass is 32.2. The van der Waals surface area contributed by atoms with Gasteiger partial charge in [-0.05, 0) is 43.6 Å². The Kier molecular flexibility index (Phi) is 4.46. The SMILES string of the molecule is Cc1c(C(=O)NC2CCC(C)(C)CC2)csc1S(N)(=O)=O. The van der Waals surface area contributed by atoms with E-state index >= 15 is 0 Å². The minimum atomic E-state index is -3.76. The van der Waals surface area contributed by atoms with E-state index < -0.39 is 10.0 Å². The molecule has 21 heavy (non-hydrogen) atoms. The number of sulfonamides is 1. The number of hydrogen-bond donors (Lipinski definition) is 2. The highest BCUT2D eigenvalue weighted by Crippen LogP contribution is 2.35. The summed E-state index contributed by atoms with van der Waals surface area (Å²) in [5.74, 6) is -0.205. The molecule has 0 saturated heterocycles. The number of carbonyl (C=O) groups excluding carboxylic acids is 1. The van der Waals surface area contributed by atoms with Crippen LogP contribution >= 0.6 is 11.3 Å². The Morgan fingerprint density at radius 2 is 1.95 bits per heavy atom. The number of nitrogens with two attached hydrogens (primary N) is 1. The molecule has 0 aromatic carbocycles. The molecule has 118 valence electrons. The van der Waals surface area contributed by atoms with Gasteiger partial charge in [0.15, 0.2) is 0 Å². The fourth-order valence-corrected chi connectivity index (χ4v) is 4.72. The van der Waals surface area contributed by atoms with Gasteiger partial charge < -0.3 is 5.32 Å². The predicted molar refractivity (Wildman–Crippen MR) is 83.9 cm³/mol. The molecular formula is C14H22N2O3S2. The van der Waals surface area contributed by atoms with Crippen LogP contribution in [0.5, 0.6) is 0 Å². The van der Waals surface area contributed by atoms with Gasteiger partial charge in [0.2, 0.25) is 10.0 Å². The zero-order valence-electron chi connectivity index (χ0n) is 12.6. The lowest BCUT2D eigenvalue weighted by atomic mass is 9.75. The molecule has 1 aliphatic rings. The summed E-state index contributed by atoms with van der Waals surface area (Å²) in [5.41, 5.74) is 1.20. The second kappa shape index (κ2) is 5.70. The van der Waals surface area contributed by atoms with Crippen molar-refractivity contribution < 1.29 is 13.2 Å². The number of nitrogens with one attached hydrogen (secondary N) is 1. The van der Waals surface area contributed by atoms with Crippen molar-refractivity contribution in [3.05, 3.63) is 16.5 Å². The van der Waals surface area contributed by atoms with Crippen molar-refractivity contribution in [2.75, 3.05) is 0 Å².